The van der Waals surface area contributed by atoms with Crippen LogP contribution in [0.25, 0.3) is 0 Å². The monoisotopic (exact) mass is 257 g/mol. The summed E-state index contributed by atoms with van der Waals surface area (Å²) in [6, 6.07) is 0.122. The molecule has 0 spiro atoms. The van der Waals surface area contributed by atoms with Gasteiger partial charge in [-0.2, -0.15) is 0 Å². The molecule has 2 unspecified atom stereocenters. The van der Waals surface area contributed by atoms with Crippen molar-refractivity contribution in [1.82, 2.24) is 4.90 Å². The first kappa shape index (κ1) is 16.9. The molecule has 0 aliphatic heterocycles. The Kier molecular flexibility index (Phi) is 6.36. The zero-order valence-electron chi connectivity index (χ0n) is 12.7. The molecule has 4 nitrogen and oxygen atoms in total. The molecule has 106 valence electrons. The standard InChI is InChI=1S/C14H27NO3/c1-8-10(3)15(7)12(16)11(14(4,5)6)13(17)18-9-2/h10-11H,8-9H2,1-7H3. The first-order valence-electron chi connectivity index (χ1n) is 6.60. The lowest BCUT2D eigenvalue weighted by molar-refractivity contribution is -0.160. The third kappa shape index (κ3) is 4.31. The van der Waals surface area contributed by atoms with Crippen LogP contribution in [0.2, 0.25) is 0 Å². The Balaban J connectivity index is 5.10. The fourth-order valence-electron chi connectivity index (χ4n) is 1.75. The van der Waals surface area contributed by atoms with Gasteiger partial charge < -0.3 is 9.64 Å². The molecule has 0 fully saturated rings. The van der Waals surface area contributed by atoms with Crippen molar-refractivity contribution in [2.45, 2.75) is 54.0 Å². The summed E-state index contributed by atoms with van der Waals surface area (Å²) in [5.41, 5.74) is -0.439. The Morgan fingerprint density at radius 2 is 1.72 bits per heavy atom. The van der Waals surface area contributed by atoms with Crippen molar-refractivity contribution in [2.75, 3.05) is 13.7 Å². The fourth-order valence-corrected chi connectivity index (χ4v) is 1.75. The molecule has 0 bridgehead atoms. The summed E-state index contributed by atoms with van der Waals surface area (Å²) in [7, 11) is 1.74. The average molecular weight is 257 g/mol. The first-order valence-corrected chi connectivity index (χ1v) is 6.60. The van der Waals surface area contributed by atoms with Gasteiger partial charge in [0.25, 0.3) is 0 Å². The molecule has 0 aliphatic carbocycles. The van der Waals surface area contributed by atoms with E-state index in [0.717, 1.165) is 6.42 Å². The maximum Gasteiger partial charge on any atom is 0.319 e. The number of rotatable bonds is 5. The van der Waals surface area contributed by atoms with Crippen molar-refractivity contribution in [3.05, 3.63) is 0 Å². The summed E-state index contributed by atoms with van der Waals surface area (Å²) in [5, 5.41) is 0. The van der Waals surface area contributed by atoms with Crippen LogP contribution in [0.1, 0.15) is 48.0 Å². The van der Waals surface area contributed by atoms with Crippen LogP contribution >= 0.6 is 0 Å². The molecule has 0 N–H and O–H groups in total. The van der Waals surface area contributed by atoms with Crippen LogP contribution < -0.4 is 0 Å². The van der Waals surface area contributed by atoms with Crippen LogP contribution in [0.5, 0.6) is 0 Å². The normalized spacial score (nSPS) is 14.8. The molecule has 0 aromatic heterocycles. The predicted molar refractivity (Wildman–Crippen MR) is 72.1 cm³/mol. The summed E-state index contributed by atoms with van der Waals surface area (Å²) in [4.78, 5) is 26.1. The van der Waals surface area contributed by atoms with E-state index in [0.29, 0.717) is 6.61 Å². The Morgan fingerprint density at radius 3 is 2.06 bits per heavy atom. The molecule has 0 heterocycles. The Bertz CT molecular complexity index is 294. The maximum atomic E-state index is 12.4. The Labute approximate surface area is 111 Å². The lowest BCUT2D eigenvalue weighted by Gasteiger charge is -2.33. The van der Waals surface area contributed by atoms with Crippen molar-refractivity contribution in [2.24, 2.45) is 11.3 Å². The van der Waals surface area contributed by atoms with Crippen LogP contribution in [-0.4, -0.2) is 36.5 Å². The van der Waals surface area contributed by atoms with Crippen LogP contribution in [0.15, 0.2) is 0 Å². The Morgan fingerprint density at radius 1 is 1.22 bits per heavy atom. The van der Waals surface area contributed by atoms with Gasteiger partial charge in [0.2, 0.25) is 5.91 Å². The molecule has 18 heavy (non-hydrogen) atoms. The lowest BCUT2D eigenvalue weighted by atomic mass is 9.79. The topological polar surface area (TPSA) is 46.6 Å². The number of ether oxygens (including phenoxy) is 1. The van der Waals surface area contributed by atoms with Gasteiger partial charge in [0.15, 0.2) is 0 Å². The maximum absolute atomic E-state index is 12.4. The highest BCUT2D eigenvalue weighted by atomic mass is 16.5. The summed E-state index contributed by atoms with van der Waals surface area (Å²) in [5.74, 6) is -1.32. The second kappa shape index (κ2) is 6.76. The average Bonchev–Trinajstić information content (AvgIpc) is 2.25. The molecule has 0 aromatic carbocycles. The Hall–Kier alpha value is -1.06. The highest BCUT2D eigenvalue weighted by Crippen LogP contribution is 2.29. The van der Waals surface area contributed by atoms with E-state index in [2.05, 4.69) is 0 Å². The van der Waals surface area contributed by atoms with Gasteiger partial charge in [-0.3, -0.25) is 9.59 Å². The van der Waals surface area contributed by atoms with Crippen molar-refractivity contribution in [3.63, 3.8) is 0 Å². The SMILES string of the molecule is CCOC(=O)C(C(=O)N(C)C(C)CC)C(C)(C)C. The molecular formula is C14H27NO3. The number of nitrogens with zero attached hydrogens (tertiary/aromatic N) is 1. The van der Waals surface area contributed by atoms with Gasteiger partial charge in [-0.25, -0.2) is 0 Å². The van der Waals surface area contributed by atoms with Gasteiger partial charge in [0.05, 0.1) is 6.61 Å². The van der Waals surface area contributed by atoms with Crippen LogP contribution in [-0.2, 0) is 14.3 Å². The number of esters is 1. The fraction of sp³-hybridized carbons (Fsp3) is 0.857. The summed E-state index contributed by atoms with van der Waals surface area (Å²) < 4.78 is 5.03. The molecule has 0 saturated heterocycles. The summed E-state index contributed by atoms with van der Waals surface area (Å²) >= 11 is 0. The molecule has 0 saturated carbocycles. The highest BCUT2D eigenvalue weighted by Gasteiger charge is 2.41. The molecule has 1 amide bonds. The largest absolute Gasteiger partial charge is 0.465 e. The van der Waals surface area contributed by atoms with Crippen molar-refractivity contribution in [1.29, 1.82) is 0 Å². The van der Waals surface area contributed by atoms with E-state index >= 15 is 0 Å². The minimum atomic E-state index is -0.739. The van der Waals surface area contributed by atoms with Crippen LogP contribution in [0.3, 0.4) is 0 Å². The minimum Gasteiger partial charge on any atom is -0.465 e. The predicted octanol–water partition coefficient (Wildman–Crippen LogP) is 2.47. The van der Waals surface area contributed by atoms with E-state index in [1.807, 2.05) is 34.6 Å². The second-order valence-corrected chi connectivity index (χ2v) is 5.76. The highest BCUT2D eigenvalue weighted by molar-refractivity contribution is 5.98. The van der Waals surface area contributed by atoms with E-state index in [1.165, 1.54) is 0 Å². The molecule has 0 aromatic rings. The third-order valence-corrected chi connectivity index (χ3v) is 3.23. The van der Waals surface area contributed by atoms with Crippen molar-refractivity contribution < 1.29 is 14.3 Å². The van der Waals surface area contributed by atoms with Crippen LogP contribution in [0, 0.1) is 11.3 Å². The number of hydrogen-bond donors (Lipinski definition) is 0. The summed E-state index contributed by atoms with van der Waals surface area (Å²) in [6.45, 7) is 11.7. The number of hydrogen-bond acceptors (Lipinski definition) is 3. The van der Waals surface area contributed by atoms with Crippen LogP contribution in [0.4, 0.5) is 0 Å². The molecule has 2 atom stereocenters. The van der Waals surface area contributed by atoms with Gasteiger partial charge in [-0.15, -0.1) is 0 Å². The number of carbonyl (C=O) groups excluding carboxylic acids is 2. The smallest absolute Gasteiger partial charge is 0.319 e. The quantitative estimate of drug-likeness (QED) is 0.561. The van der Waals surface area contributed by atoms with E-state index in [-0.39, 0.29) is 11.9 Å². The van der Waals surface area contributed by atoms with Gasteiger partial charge in [0, 0.05) is 13.1 Å². The van der Waals surface area contributed by atoms with Gasteiger partial charge in [-0.05, 0) is 25.7 Å². The molecular weight excluding hydrogens is 230 g/mol. The van der Waals surface area contributed by atoms with E-state index < -0.39 is 17.3 Å². The van der Waals surface area contributed by atoms with E-state index in [1.54, 1.807) is 18.9 Å². The zero-order valence-corrected chi connectivity index (χ0v) is 12.7. The minimum absolute atomic E-state index is 0.122. The first-order chi connectivity index (χ1) is 8.16. The van der Waals surface area contributed by atoms with Crippen molar-refractivity contribution in [3.8, 4) is 0 Å². The number of amides is 1. The zero-order chi connectivity index (χ0) is 14.5. The molecule has 0 aliphatic rings. The second-order valence-electron chi connectivity index (χ2n) is 5.76. The summed E-state index contributed by atoms with van der Waals surface area (Å²) in [6.07, 6.45) is 0.863. The molecule has 0 radical (unpaired) electrons. The molecule has 0 rings (SSSR count). The van der Waals surface area contributed by atoms with Gasteiger partial charge in [-0.1, -0.05) is 27.7 Å². The lowest BCUT2D eigenvalue weighted by Crippen LogP contribution is -2.47. The third-order valence-electron chi connectivity index (χ3n) is 3.23. The molecule has 4 heteroatoms. The number of carbonyl (C=O) groups is 2. The van der Waals surface area contributed by atoms with E-state index in [4.69, 9.17) is 4.74 Å². The van der Waals surface area contributed by atoms with Gasteiger partial charge in [0.1, 0.15) is 5.92 Å². The van der Waals surface area contributed by atoms with E-state index in [9.17, 15) is 9.59 Å². The van der Waals surface area contributed by atoms with Gasteiger partial charge >= 0.3 is 5.97 Å². The van der Waals surface area contributed by atoms with Crippen molar-refractivity contribution >= 4 is 11.9 Å².